The second-order valence-corrected chi connectivity index (χ2v) is 5.91. The maximum Gasteiger partial charge on any atom is 0.251 e. The summed E-state index contributed by atoms with van der Waals surface area (Å²) in [6, 6.07) is 5.57. The van der Waals surface area contributed by atoms with Gasteiger partial charge in [0, 0.05) is 36.1 Å². The molecule has 2 amide bonds. The van der Waals surface area contributed by atoms with Crippen LogP contribution in [0.15, 0.2) is 22.7 Å². The van der Waals surface area contributed by atoms with Crippen LogP contribution in [-0.2, 0) is 4.79 Å². The molecular weight excluding hydrogens is 320 g/mol. The third-order valence-electron chi connectivity index (χ3n) is 3.50. The monoisotopic (exact) mass is 338 g/mol. The molecule has 5 heteroatoms. The molecule has 1 aliphatic rings. The zero-order valence-electron chi connectivity index (χ0n) is 11.6. The Morgan fingerprint density at radius 2 is 2.25 bits per heavy atom. The molecule has 0 atom stereocenters. The van der Waals surface area contributed by atoms with E-state index in [1.54, 1.807) is 0 Å². The molecule has 0 bridgehead atoms. The molecule has 0 aromatic heterocycles. The van der Waals surface area contributed by atoms with E-state index < -0.39 is 0 Å². The lowest BCUT2D eigenvalue weighted by Gasteiger charge is -2.15. The third-order valence-corrected chi connectivity index (χ3v) is 4.35. The Hall–Kier alpha value is -1.36. The molecular formula is C15H19BrN2O2. The van der Waals surface area contributed by atoms with Crippen LogP contribution in [0.5, 0.6) is 0 Å². The van der Waals surface area contributed by atoms with Gasteiger partial charge in [-0.1, -0.05) is 22.0 Å². The number of hydrogen-bond donors (Lipinski definition) is 1. The van der Waals surface area contributed by atoms with Gasteiger partial charge in [0.2, 0.25) is 5.91 Å². The first-order valence-corrected chi connectivity index (χ1v) is 7.69. The number of nitrogens with zero attached hydrogens (tertiary/aromatic N) is 1. The average Bonchev–Trinajstić information content (AvgIpc) is 2.83. The average molecular weight is 339 g/mol. The van der Waals surface area contributed by atoms with Crippen LogP contribution in [0, 0.1) is 6.92 Å². The van der Waals surface area contributed by atoms with Crippen LogP contribution >= 0.6 is 15.9 Å². The Morgan fingerprint density at radius 1 is 1.45 bits per heavy atom. The van der Waals surface area contributed by atoms with Gasteiger partial charge in [-0.15, -0.1) is 0 Å². The van der Waals surface area contributed by atoms with Crippen molar-refractivity contribution in [3.8, 4) is 0 Å². The fraction of sp³-hybridized carbons (Fsp3) is 0.467. The lowest BCUT2D eigenvalue weighted by Crippen LogP contribution is -2.30. The highest BCUT2D eigenvalue weighted by Gasteiger charge is 2.19. The molecule has 0 aliphatic carbocycles. The number of amides is 2. The minimum absolute atomic E-state index is 0.0709. The Balaban J connectivity index is 1.74. The van der Waals surface area contributed by atoms with Gasteiger partial charge in [-0.25, -0.2) is 0 Å². The second-order valence-electron chi connectivity index (χ2n) is 5.06. The van der Waals surface area contributed by atoms with Crippen LogP contribution < -0.4 is 5.32 Å². The van der Waals surface area contributed by atoms with E-state index >= 15 is 0 Å². The first-order valence-electron chi connectivity index (χ1n) is 6.90. The Morgan fingerprint density at radius 3 is 2.90 bits per heavy atom. The van der Waals surface area contributed by atoms with E-state index in [1.165, 1.54) is 0 Å². The zero-order chi connectivity index (χ0) is 14.5. The van der Waals surface area contributed by atoms with Crippen LogP contribution in [-0.4, -0.2) is 36.3 Å². The van der Waals surface area contributed by atoms with Crippen molar-refractivity contribution >= 4 is 27.7 Å². The molecule has 2 rings (SSSR count). The molecule has 1 heterocycles. The molecule has 1 saturated heterocycles. The van der Waals surface area contributed by atoms with Crippen molar-refractivity contribution in [3.05, 3.63) is 33.8 Å². The van der Waals surface area contributed by atoms with Gasteiger partial charge in [-0.2, -0.15) is 0 Å². The number of carbonyl (C=O) groups excluding carboxylic acids is 2. The fourth-order valence-corrected chi connectivity index (χ4v) is 2.63. The van der Waals surface area contributed by atoms with Crippen molar-refractivity contribution in [2.45, 2.75) is 26.2 Å². The largest absolute Gasteiger partial charge is 0.352 e. The summed E-state index contributed by atoms with van der Waals surface area (Å²) in [4.78, 5) is 25.3. The summed E-state index contributed by atoms with van der Waals surface area (Å²) in [5.41, 5.74) is 1.76. The molecule has 0 unspecified atom stereocenters. The minimum Gasteiger partial charge on any atom is -0.352 e. The molecule has 1 aromatic carbocycles. The van der Waals surface area contributed by atoms with Crippen LogP contribution in [0.4, 0.5) is 0 Å². The van der Waals surface area contributed by atoms with E-state index in [2.05, 4.69) is 21.2 Å². The highest BCUT2D eigenvalue weighted by molar-refractivity contribution is 9.10. The minimum atomic E-state index is -0.0709. The summed E-state index contributed by atoms with van der Waals surface area (Å²) < 4.78 is 0.938. The van der Waals surface area contributed by atoms with Gasteiger partial charge in [0.1, 0.15) is 0 Å². The molecule has 20 heavy (non-hydrogen) atoms. The predicted molar refractivity (Wildman–Crippen MR) is 81.6 cm³/mol. The van der Waals surface area contributed by atoms with E-state index in [9.17, 15) is 9.59 Å². The number of carbonyl (C=O) groups is 2. The number of likely N-dealkylation sites (tertiary alicyclic amines) is 1. The molecule has 0 radical (unpaired) electrons. The van der Waals surface area contributed by atoms with Crippen LogP contribution in [0.25, 0.3) is 0 Å². The smallest absolute Gasteiger partial charge is 0.251 e. The second kappa shape index (κ2) is 6.88. The maximum absolute atomic E-state index is 12.0. The summed E-state index contributed by atoms with van der Waals surface area (Å²) in [6.45, 7) is 4.17. The standard InChI is InChI=1S/C15H19BrN2O2/c1-11-5-6-12(10-13(11)16)15(20)17-7-3-9-18-8-2-4-14(18)19/h5-6,10H,2-4,7-9H2,1H3,(H,17,20). The molecule has 1 N–H and O–H groups in total. The summed E-state index contributed by atoms with van der Waals surface area (Å²) in [5.74, 6) is 0.164. The number of rotatable bonds is 5. The highest BCUT2D eigenvalue weighted by atomic mass is 79.9. The number of halogens is 1. The summed E-state index contributed by atoms with van der Waals surface area (Å²) in [6.07, 6.45) is 2.43. The number of nitrogens with one attached hydrogen (secondary N) is 1. The van der Waals surface area contributed by atoms with Gasteiger partial charge in [-0.05, 0) is 37.5 Å². The first-order chi connectivity index (χ1) is 9.58. The summed E-state index contributed by atoms with van der Waals surface area (Å²) >= 11 is 3.42. The molecule has 1 fully saturated rings. The van der Waals surface area contributed by atoms with Gasteiger partial charge in [-0.3, -0.25) is 9.59 Å². The maximum atomic E-state index is 12.0. The zero-order valence-corrected chi connectivity index (χ0v) is 13.2. The summed E-state index contributed by atoms with van der Waals surface area (Å²) in [5, 5.41) is 2.89. The lowest BCUT2D eigenvalue weighted by atomic mass is 10.1. The van der Waals surface area contributed by atoms with E-state index in [4.69, 9.17) is 0 Å². The van der Waals surface area contributed by atoms with E-state index in [0.29, 0.717) is 18.5 Å². The topological polar surface area (TPSA) is 49.4 Å². The summed E-state index contributed by atoms with van der Waals surface area (Å²) in [7, 11) is 0. The van der Waals surface area contributed by atoms with Gasteiger partial charge in [0.05, 0.1) is 0 Å². The number of benzene rings is 1. The SMILES string of the molecule is Cc1ccc(C(=O)NCCCN2CCCC2=O)cc1Br. The predicted octanol–water partition coefficient (Wildman–Crippen LogP) is 2.50. The Kier molecular flexibility index (Phi) is 5.17. The van der Waals surface area contributed by atoms with Crippen molar-refractivity contribution in [1.29, 1.82) is 0 Å². The quantitative estimate of drug-likeness (QED) is 0.838. The van der Waals surface area contributed by atoms with Crippen molar-refractivity contribution in [2.75, 3.05) is 19.6 Å². The van der Waals surface area contributed by atoms with Crippen molar-refractivity contribution in [3.63, 3.8) is 0 Å². The molecule has 108 valence electrons. The highest BCUT2D eigenvalue weighted by Crippen LogP contribution is 2.17. The van der Waals surface area contributed by atoms with Crippen LogP contribution in [0.3, 0.4) is 0 Å². The Bertz CT molecular complexity index is 517. The van der Waals surface area contributed by atoms with E-state index in [1.807, 2.05) is 30.0 Å². The van der Waals surface area contributed by atoms with Gasteiger partial charge < -0.3 is 10.2 Å². The fourth-order valence-electron chi connectivity index (χ4n) is 2.25. The van der Waals surface area contributed by atoms with E-state index in [0.717, 1.165) is 36.0 Å². The van der Waals surface area contributed by atoms with Gasteiger partial charge in [0.15, 0.2) is 0 Å². The number of hydrogen-bond acceptors (Lipinski definition) is 2. The van der Waals surface area contributed by atoms with Crippen molar-refractivity contribution < 1.29 is 9.59 Å². The molecule has 4 nitrogen and oxygen atoms in total. The van der Waals surface area contributed by atoms with Crippen molar-refractivity contribution in [2.24, 2.45) is 0 Å². The van der Waals surface area contributed by atoms with Gasteiger partial charge >= 0.3 is 0 Å². The lowest BCUT2D eigenvalue weighted by molar-refractivity contribution is -0.127. The van der Waals surface area contributed by atoms with Crippen LogP contribution in [0.1, 0.15) is 35.2 Å². The van der Waals surface area contributed by atoms with Gasteiger partial charge in [0.25, 0.3) is 5.91 Å². The molecule has 1 aromatic rings. The van der Waals surface area contributed by atoms with Crippen molar-refractivity contribution in [1.82, 2.24) is 10.2 Å². The third kappa shape index (κ3) is 3.82. The number of aryl methyl sites for hydroxylation is 1. The van der Waals surface area contributed by atoms with E-state index in [-0.39, 0.29) is 11.8 Å². The van der Waals surface area contributed by atoms with Crippen LogP contribution in [0.2, 0.25) is 0 Å². The first kappa shape index (κ1) is 15.0. The molecule has 0 spiro atoms. The normalized spacial score (nSPS) is 14.7. The molecule has 1 aliphatic heterocycles. The Labute approximate surface area is 127 Å². The molecule has 0 saturated carbocycles.